The molecule has 3 rings (SSSR count). The van der Waals surface area contributed by atoms with Crippen LogP contribution < -0.4 is 5.73 Å². The van der Waals surface area contributed by atoms with Gasteiger partial charge >= 0.3 is 12.4 Å². The van der Waals surface area contributed by atoms with Crippen LogP contribution in [0.15, 0.2) is 60.2 Å². The predicted octanol–water partition coefficient (Wildman–Crippen LogP) is 5.34. The van der Waals surface area contributed by atoms with E-state index in [0.717, 1.165) is 17.4 Å². The zero-order valence-corrected chi connectivity index (χ0v) is 17.5. The molecule has 1 aromatic heterocycles. The van der Waals surface area contributed by atoms with Gasteiger partial charge in [-0.25, -0.2) is 9.40 Å². The average molecular weight is 486 g/mol. The van der Waals surface area contributed by atoms with Gasteiger partial charge in [-0.05, 0) is 36.2 Å². The molecule has 2 N–H and O–H groups in total. The van der Waals surface area contributed by atoms with Crippen LogP contribution in [0.5, 0.6) is 0 Å². The van der Waals surface area contributed by atoms with Crippen LogP contribution in [0.2, 0.25) is 0 Å². The van der Waals surface area contributed by atoms with E-state index in [0.29, 0.717) is 12.1 Å². The number of nitrogens with two attached hydrogens (primary N) is 1. The van der Waals surface area contributed by atoms with Gasteiger partial charge in [0.05, 0.1) is 28.6 Å². The summed E-state index contributed by atoms with van der Waals surface area (Å²) < 4.78 is 94.0. The molecule has 12 heteroatoms. The molecule has 0 saturated carbocycles. The minimum absolute atomic E-state index is 0.0265. The molecular formula is C22H17F7N4O. The number of rotatable bonds is 4. The SMILES string of the molecule is CC1CC=CN(/C=C(/C(N)=O)c2ccncc2F)N=C1c1cc(C(F)(F)F)cc(C(F)(F)F)c1. The highest BCUT2D eigenvalue weighted by molar-refractivity contribution is 6.18. The number of halogens is 7. The standard InChI is InChI=1S/C22H17F7N4O/c1-12-3-2-6-33(11-17(20(30)34)16-4-5-31-10-18(16)23)32-19(12)13-7-14(21(24,25)26)9-15(8-13)22(27,28)29/h2,4-12H,3H2,1H3,(H2,30,34)/b17-11+. The van der Waals surface area contributed by atoms with Crippen LogP contribution in [-0.2, 0) is 17.1 Å². The van der Waals surface area contributed by atoms with Crippen LogP contribution in [0.3, 0.4) is 0 Å². The van der Waals surface area contributed by atoms with Gasteiger partial charge in [0.2, 0.25) is 0 Å². The van der Waals surface area contributed by atoms with E-state index in [1.165, 1.54) is 18.5 Å². The number of hydrogen-bond acceptors (Lipinski definition) is 4. The Hall–Kier alpha value is -3.70. The zero-order chi connectivity index (χ0) is 25.3. The first-order valence-electron chi connectivity index (χ1n) is 9.72. The van der Waals surface area contributed by atoms with Crippen LogP contribution in [0.1, 0.15) is 35.6 Å². The lowest BCUT2D eigenvalue weighted by atomic mass is 9.93. The number of alkyl halides is 6. The summed E-state index contributed by atoms with van der Waals surface area (Å²) in [7, 11) is 0. The van der Waals surface area contributed by atoms with Crippen LogP contribution in [-0.4, -0.2) is 21.6 Å². The van der Waals surface area contributed by atoms with Crippen molar-refractivity contribution in [3.63, 3.8) is 0 Å². The molecule has 1 aliphatic rings. The number of hydrogen-bond donors (Lipinski definition) is 1. The zero-order valence-electron chi connectivity index (χ0n) is 17.5. The summed E-state index contributed by atoms with van der Waals surface area (Å²) in [6, 6.07) is 2.37. The number of nitrogens with zero attached hydrogens (tertiary/aromatic N) is 3. The third kappa shape index (κ3) is 5.61. The molecule has 1 amide bonds. The maximum Gasteiger partial charge on any atom is 0.416 e. The highest BCUT2D eigenvalue weighted by atomic mass is 19.4. The largest absolute Gasteiger partial charge is 0.416 e. The van der Waals surface area contributed by atoms with Crippen molar-refractivity contribution in [2.24, 2.45) is 16.8 Å². The fourth-order valence-electron chi connectivity index (χ4n) is 3.25. The van der Waals surface area contributed by atoms with Gasteiger partial charge in [0.15, 0.2) is 0 Å². The van der Waals surface area contributed by atoms with Gasteiger partial charge in [0.25, 0.3) is 5.91 Å². The lowest BCUT2D eigenvalue weighted by Crippen LogP contribution is -2.19. The summed E-state index contributed by atoms with van der Waals surface area (Å²) in [5.74, 6) is -2.49. The first kappa shape index (κ1) is 24.9. The summed E-state index contributed by atoms with van der Waals surface area (Å²) in [4.78, 5) is 15.5. The van der Waals surface area contributed by atoms with E-state index >= 15 is 0 Å². The van der Waals surface area contributed by atoms with Crippen molar-refractivity contribution in [1.29, 1.82) is 0 Å². The summed E-state index contributed by atoms with van der Waals surface area (Å²) in [6.45, 7) is 1.57. The Labute approximate surface area is 189 Å². The molecule has 1 aromatic carbocycles. The van der Waals surface area contributed by atoms with E-state index in [1.54, 1.807) is 13.0 Å². The van der Waals surface area contributed by atoms with Crippen molar-refractivity contribution in [2.75, 3.05) is 0 Å². The molecule has 180 valence electrons. The molecule has 34 heavy (non-hydrogen) atoms. The number of hydrazone groups is 1. The molecule has 0 fully saturated rings. The van der Waals surface area contributed by atoms with Gasteiger partial charge in [0.1, 0.15) is 5.82 Å². The van der Waals surface area contributed by atoms with Crippen molar-refractivity contribution in [1.82, 2.24) is 9.99 Å². The van der Waals surface area contributed by atoms with Crippen molar-refractivity contribution >= 4 is 17.2 Å². The summed E-state index contributed by atoms with van der Waals surface area (Å²) in [6.07, 6.45) is -3.85. The van der Waals surface area contributed by atoms with Crippen LogP contribution in [0.25, 0.3) is 5.57 Å². The van der Waals surface area contributed by atoms with Gasteiger partial charge in [-0.2, -0.15) is 31.4 Å². The van der Waals surface area contributed by atoms with Gasteiger partial charge in [0, 0.05) is 30.1 Å². The van der Waals surface area contributed by atoms with Crippen molar-refractivity contribution in [3.8, 4) is 0 Å². The number of amides is 1. The van der Waals surface area contributed by atoms with E-state index in [2.05, 4.69) is 10.1 Å². The molecule has 1 atom stereocenters. The Morgan fingerprint density at radius 1 is 1.12 bits per heavy atom. The average Bonchev–Trinajstić information content (AvgIpc) is 2.92. The van der Waals surface area contributed by atoms with Crippen LogP contribution in [0, 0.1) is 11.7 Å². The van der Waals surface area contributed by atoms with Crippen LogP contribution in [0.4, 0.5) is 30.7 Å². The molecule has 1 unspecified atom stereocenters. The second-order valence-electron chi connectivity index (χ2n) is 7.44. The molecule has 0 saturated heterocycles. The lowest BCUT2D eigenvalue weighted by Gasteiger charge is -2.19. The molecule has 0 bridgehead atoms. The second kappa shape index (κ2) is 9.27. The Kier molecular flexibility index (Phi) is 6.80. The monoisotopic (exact) mass is 486 g/mol. The normalized spacial score (nSPS) is 17.4. The number of allylic oxidation sites excluding steroid dienone is 1. The fraction of sp³-hybridized carbons (Fsp3) is 0.227. The van der Waals surface area contributed by atoms with Crippen molar-refractivity contribution in [2.45, 2.75) is 25.7 Å². The highest BCUT2D eigenvalue weighted by Gasteiger charge is 2.37. The Morgan fingerprint density at radius 3 is 2.26 bits per heavy atom. The maximum absolute atomic E-state index is 14.2. The number of primary amides is 1. The smallest absolute Gasteiger partial charge is 0.366 e. The van der Waals surface area contributed by atoms with Gasteiger partial charge in [-0.3, -0.25) is 9.78 Å². The van der Waals surface area contributed by atoms with Crippen molar-refractivity contribution in [3.05, 3.63) is 83.2 Å². The van der Waals surface area contributed by atoms with Gasteiger partial charge in [-0.15, -0.1) is 0 Å². The molecule has 0 aliphatic carbocycles. The fourth-order valence-corrected chi connectivity index (χ4v) is 3.25. The molecular weight excluding hydrogens is 469 g/mol. The van der Waals surface area contributed by atoms with E-state index in [4.69, 9.17) is 5.73 Å². The first-order valence-corrected chi connectivity index (χ1v) is 9.72. The highest BCUT2D eigenvalue weighted by Crippen LogP contribution is 2.37. The molecule has 0 spiro atoms. The summed E-state index contributed by atoms with van der Waals surface area (Å²) in [5.41, 5.74) is 1.36. The third-order valence-corrected chi connectivity index (χ3v) is 4.91. The van der Waals surface area contributed by atoms with E-state index in [1.807, 2.05) is 0 Å². The number of carbonyl (C=O) groups is 1. The second-order valence-corrected chi connectivity index (χ2v) is 7.44. The Balaban J connectivity index is 2.17. The summed E-state index contributed by atoms with van der Waals surface area (Å²) in [5, 5.41) is 5.15. The Morgan fingerprint density at radius 2 is 1.74 bits per heavy atom. The van der Waals surface area contributed by atoms with E-state index in [9.17, 15) is 35.5 Å². The van der Waals surface area contributed by atoms with Gasteiger partial charge < -0.3 is 5.73 Å². The number of benzene rings is 1. The first-order chi connectivity index (χ1) is 15.8. The lowest BCUT2D eigenvalue weighted by molar-refractivity contribution is -0.143. The minimum atomic E-state index is -5.03. The summed E-state index contributed by atoms with van der Waals surface area (Å²) >= 11 is 0. The minimum Gasteiger partial charge on any atom is -0.366 e. The van der Waals surface area contributed by atoms with E-state index < -0.39 is 46.7 Å². The molecule has 5 nitrogen and oxygen atoms in total. The van der Waals surface area contributed by atoms with E-state index in [-0.39, 0.29) is 29.3 Å². The predicted molar refractivity (Wildman–Crippen MR) is 109 cm³/mol. The molecule has 2 heterocycles. The maximum atomic E-state index is 14.2. The molecule has 1 aliphatic heterocycles. The topological polar surface area (TPSA) is 71.6 Å². The van der Waals surface area contributed by atoms with Crippen LogP contribution >= 0.6 is 0 Å². The quantitative estimate of drug-likeness (QED) is 0.468. The number of pyridine rings is 1. The molecule has 2 aromatic rings. The number of aromatic nitrogens is 1. The van der Waals surface area contributed by atoms with Gasteiger partial charge in [-0.1, -0.05) is 13.0 Å². The third-order valence-electron chi connectivity index (χ3n) is 4.91. The van der Waals surface area contributed by atoms with Crippen molar-refractivity contribution < 1.29 is 35.5 Å². The Bertz CT molecular complexity index is 1150. The molecule has 0 radical (unpaired) electrons. The number of carbonyl (C=O) groups excluding carboxylic acids is 1.